The van der Waals surface area contributed by atoms with E-state index >= 15 is 0 Å². The monoisotopic (exact) mass is 558 g/mol. The molecule has 36 heavy (non-hydrogen) atoms. The van der Waals surface area contributed by atoms with Crippen LogP contribution in [0.5, 0.6) is 0 Å². The maximum absolute atomic E-state index is 13.9. The van der Waals surface area contributed by atoms with Crippen molar-refractivity contribution in [3.05, 3.63) is 97.2 Å². The van der Waals surface area contributed by atoms with Gasteiger partial charge < -0.3 is 10.2 Å². The normalized spacial score (nSPS) is 13.4. The van der Waals surface area contributed by atoms with Crippen LogP contribution in [0.4, 0.5) is 23.2 Å². The van der Waals surface area contributed by atoms with Crippen molar-refractivity contribution in [1.29, 1.82) is 0 Å². The molecular weight excluding hydrogens is 543 g/mol. The Morgan fingerprint density at radius 1 is 0.972 bits per heavy atom. The third-order valence-corrected chi connectivity index (χ3v) is 6.73. The first-order valence-corrected chi connectivity index (χ1v) is 11.8. The van der Waals surface area contributed by atoms with Crippen molar-refractivity contribution in [1.82, 2.24) is 4.90 Å². The molecule has 1 heterocycles. The second-order valence-electron chi connectivity index (χ2n) is 8.17. The second kappa shape index (κ2) is 10.3. The van der Waals surface area contributed by atoms with Crippen LogP contribution in [0.25, 0.3) is 0 Å². The van der Waals surface area contributed by atoms with Crippen molar-refractivity contribution in [3.8, 4) is 0 Å². The molecule has 0 unspecified atom stereocenters. The van der Waals surface area contributed by atoms with E-state index in [0.717, 1.165) is 17.2 Å². The number of alkyl halides is 3. The minimum Gasteiger partial charge on any atom is -0.334 e. The molecule has 4 nitrogen and oxygen atoms in total. The SMILES string of the molecule is O=C(Cc1ccc(C(F)(F)F)c(F)c1)Nc1c(Cl)ccc2c1CCN(C(=O)c1c(Cl)cccc1Cl)C2. The summed E-state index contributed by atoms with van der Waals surface area (Å²) >= 11 is 18.7. The molecule has 1 aliphatic heterocycles. The molecule has 2 amide bonds. The van der Waals surface area contributed by atoms with Crippen LogP contribution in [0.1, 0.15) is 32.6 Å². The number of benzene rings is 3. The Hall–Kier alpha value is -2.81. The van der Waals surface area contributed by atoms with Gasteiger partial charge >= 0.3 is 6.18 Å². The van der Waals surface area contributed by atoms with E-state index in [2.05, 4.69) is 5.32 Å². The topological polar surface area (TPSA) is 49.4 Å². The van der Waals surface area contributed by atoms with E-state index < -0.39 is 23.5 Å². The zero-order valence-electron chi connectivity index (χ0n) is 18.4. The Kier molecular flexibility index (Phi) is 7.50. The lowest BCUT2D eigenvalue weighted by atomic mass is 9.96. The van der Waals surface area contributed by atoms with Crippen molar-refractivity contribution in [2.75, 3.05) is 11.9 Å². The van der Waals surface area contributed by atoms with Gasteiger partial charge in [-0.25, -0.2) is 4.39 Å². The fourth-order valence-electron chi connectivity index (χ4n) is 4.06. The molecule has 3 aromatic rings. The number of anilines is 1. The number of carbonyl (C=O) groups is 2. The van der Waals surface area contributed by atoms with E-state index in [0.29, 0.717) is 30.8 Å². The largest absolute Gasteiger partial charge is 0.419 e. The highest BCUT2D eigenvalue weighted by Crippen LogP contribution is 2.35. The molecule has 3 aromatic carbocycles. The summed E-state index contributed by atoms with van der Waals surface area (Å²) in [4.78, 5) is 27.3. The van der Waals surface area contributed by atoms with Gasteiger partial charge in [-0.05, 0) is 53.4 Å². The molecule has 188 valence electrons. The van der Waals surface area contributed by atoms with Crippen LogP contribution >= 0.6 is 34.8 Å². The quantitative estimate of drug-likeness (QED) is 0.344. The summed E-state index contributed by atoms with van der Waals surface area (Å²) in [6, 6.07) is 10.5. The Balaban J connectivity index is 1.51. The summed E-state index contributed by atoms with van der Waals surface area (Å²) in [5, 5.41) is 3.42. The summed E-state index contributed by atoms with van der Waals surface area (Å²) in [6.45, 7) is 0.528. The lowest BCUT2D eigenvalue weighted by molar-refractivity contribution is -0.140. The van der Waals surface area contributed by atoms with Gasteiger partial charge in [-0.1, -0.05) is 53.0 Å². The number of rotatable bonds is 4. The number of amides is 2. The third kappa shape index (κ3) is 5.45. The number of hydrogen-bond acceptors (Lipinski definition) is 2. The number of hydrogen-bond donors (Lipinski definition) is 1. The highest BCUT2D eigenvalue weighted by atomic mass is 35.5. The van der Waals surface area contributed by atoms with Gasteiger partial charge in [0.25, 0.3) is 5.91 Å². The van der Waals surface area contributed by atoms with Crippen LogP contribution in [0.2, 0.25) is 15.1 Å². The molecule has 0 bridgehead atoms. The molecule has 0 saturated carbocycles. The zero-order chi connectivity index (χ0) is 26.2. The first-order chi connectivity index (χ1) is 17.0. The summed E-state index contributed by atoms with van der Waals surface area (Å²) in [5.41, 5.74) is 0.697. The molecule has 0 aliphatic carbocycles. The lowest BCUT2D eigenvalue weighted by Crippen LogP contribution is -2.36. The van der Waals surface area contributed by atoms with E-state index in [1.54, 1.807) is 35.2 Å². The van der Waals surface area contributed by atoms with Crippen LogP contribution in [0, 0.1) is 5.82 Å². The first-order valence-electron chi connectivity index (χ1n) is 10.6. The summed E-state index contributed by atoms with van der Waals surface area (Å²) in [5.74, 6) is -2.36. The maximum Gasteiger partial charge on any atom is 0.419 e. The van der Waals surface area contributed by atoms with Gasteiger partial charge in [-0.2, -0.15) is 13.2 Å². The maximum atomic E-state index is 13.9. The first kappa shape index (κ1) is 26.3. The minimum atomic E-state index is -4.83. The number of nitrogens with zero attached hydrogens (tertiary/aromatic N) is 1. The van der Waals surface area contributed by atoms with Crippen molar-refractivity contribution in [2.45, 2.75) is 25.6 Å². The Morgan fingerprint density at radius 2 is 1.67 bits per heavy atom. The van der Waals surface area contributed by atoms with Crippen molar-refractivity contribution in [3.63, 3.8) is 0 Å². The van der Waals surface area contributed by atoms with Crippen molar-refractivity contribution in [2.24, 2.45) is 0 Å². The molecule has 0 fully saturated rings. The average molecular weight is 560 g/mol. The van der Waals surface area contributed by atoms with Crippen LogP contribution in [-0.2, 0) is 30.4 Å². The molecule has 0 spiro atoms. The summed E-state index contributed by atoms with van der Waals surface area (Å²) < 4.78 is 52.2. The summed E-state index contributed by atoms with van der Waals surface area (Å²) in [6.07, 6.45) is -4.81. The number of carbonyl (C=O) groups excluding carboxylic acids is 2. The van der Waals surface area contributed by atoms with E-state index in [-0.39, 0.29) is 45.1 Å². The van der Waals surface area contributed by atoms with Gasteiger partial charge in [0.2, 0.25) is 5.91 Å². The van der Waals surface area contributed by atoms with E-state index in [1.165, 1.54) is 0 Å². The predicted octanol–water partition coefficient (Wildman–Crippen LogP) is 7.18. The highest BCUT2D eigenvalue weighted by molar-refractivity contribution is 6.39. The average Bonchev–Trinajstić information content (AvgIpc) is 2.79. The molecular formula is C25H17Cl3F4N2O2. The summed E-state index contributed by atoms with van der Waals surface area (Å²) in [7, 11) is 0. The van der Waals surface area contributed by atoms with Crippen LogP contribution in [0.15, 0.2) is 48.5 Å². The molecule has 0 saturated heterocycles. The fourth-order valence-corrected chi connectivity index (χ4v) is 4.85. The smallest absolute Gasteiger partial charge is 0.334 e. The van der Waals surface area contributed by atoms with Crippen LogP contribution in [0.3, 0.4) is 0 Å². The van der Waals surface area contributed by atoms with Gasteiger partial charge in [-0.15, -0.1) is 0 Å². The highest BCUT2D eigenvalue weighted by Gasteiger charge is 2.34. The van der Waals surface area contributed by atoms with E-state index in [9.17, 15) is 27.2 Å². The second-order valence-corrected chi connectivity index (χ2v) is 9.39. The third-order valence-electron chi connectivity index (χ3n) is 5.78. The van der Waals surface area contributed by atoms with E-state index in [1.807, 2.05) is 0 Å². The minimum absolute atomic E-state index is 0.0762. The number of fused-ring (bicyclic) bond motifs is 1. The van der Waals surface area contributed by atoms with Gasteiger partial charge in [0, 0.05) is 13.1 Å². The predicted molar refractivity (Wildman–Crippen MR) is 130 cm³/mol. The van der Waals surface area contributed by atoms with Crippen molar-refractivity contribution >= 4 is 52.3 Å². The lowest BCUT2D eigenvalue weighted by Gasteiger charge is -2.31. The molecule has 4 rings (SSSR count). The van der Waals surface area contributed by atoms with Gasteiger partial charge in [0.15, 0.2) is 0 Å². The number of halogens is 7. The standard InChI is InChI=1S/C25H17Cl3F4N2O2/c26-17-2-1-3-18(27)22(17)24(36)34-9-8-15-14(12-34)5-7-19(28)23(15)33-21(35)11-13-4-6-16(20(29)10-13)25(30,31)32/h1-7,10H,8-9,11-12H2,(H,33,35). The van der Waals surface area contributed by atoms with Gasteiger partial charge in [-0.3, -0.25) is 9.59 Å². The molecule has 0 radical (unpaired) electrons. The number of nitrogens with one attached hydrogen (secondary N) is 1. The molecule has 1 aliphatic rings. The zero-order valence-corrected chi connectivity index (χ0v) is 20.6. The Morgan fingerprint density at radius 3 is 2.31 bits per heavy atom. The van der Waals surface area contributed by atoms with Crippen LogP contribution < -0.4 is 5.32 Å². The molecule has 11 heteroatoms. The van der Waals surface area contributed by atoms with Gasteiger partial charge in [0.1, 0.15) is 5.82 Å². The Labute approximate surface area is 218 Å². The molecule has 0 atom stereocenters. The molecule has 0 aromatic heterocycles. The molecule has 1 N–H and O–H groups in total. The van der Waals surface area contributed by atoms with Crippen molar-refractivity contribution < 1.29 is 27.2 Å². The Bertz CT molecular complexity index is 1340. The fraction of sp³-hybridized carbons (Fsp3) is 0.200. The van der Waals surface area contributed by atoms with Gasteiger partial charge in [0.05, 0.1) is 38.3 Å². The van der Waals surface area contributed by atoms with Crippen LogP contribution in [-0.4, -0.2) is 23.3 Å². The van der Waals surface area contributed by atoms with E-state index in [4.69, 9.17) is 34.8 Å².